The van der Waals surface area contributed by atoms with E-state index < -0.39 is 0 Å². The van der Waals surface area contributed by atoms with Crippen molar-refractivity contribution in [2.75, 3.05) is 11.6 Å². The molecule has 3 N–H and O–H groups in total. The van der Waals surface area contributed by atoms with E-state index in [0.717, 1.165) is 5.75 Å². The third-order valence-corrected chi connectivity index (χ3v) is 3.82. The van der Waals surface area contributed by atoms with Gasteiger partial charge in [-0.3, -0.25) is 5.01 Å². The zero-order valence-electron chi connectivity index (χ0n) is 8.33. The van der Waals surface area contributed by atoms with Gasteiger partial charge in [-0.2, -0.15) is 0 Å². The van der Waals surface area contributed by atoms with Gasteiger partial charge in [-0.25, -0.2) is 10.6 Å². The van der Waals surface area contributed by atoms with E-state index in [4.69, 9.17) is 5.84 Å². The Hall–Kier alpha value is -0.420. The van der Waals surface area contributed by atoms with Gasteiger partial charge < -0.3 is 5.32 Å². The molecular formula is C8H17N3OS. The fourth-order valence-electron chi connectivity index (χ4n) is 1.08. The van der Waals surface area contributed by atoms with Crippen LogP contribution < -0.4 is 11.2 Å². The van der Waals surface area contributed by atoms with E-state index in [0.29, 0.717) is 11.8 Å². The zero-order valence-corrected chi connectivity index (χ0v) is 9.15. The standard InChI is InChI=1S/C8H17N3OS/c1-6(2)8(3)4-13-5-11(9)7(12)10-8/h6H,4-5,9H2,1-3H3,(H,10,12). The highest BCUT2D eigenvalue weighted by Crippen LogP contribution is 2.24. The predicted molar refractivity (Wildman–Crippen MR) is 55.1 cm³/mol. The molecule has 1 aliphatic rings. The number of nitrogens with zero attached hydrogens (tertiary/aromatic N) is 1. The van der Waals surface area contributed by atoms with Crippen LogP contribution in [-0.2, 0) is 0 Å². The summed E-state index contributed by atoms with van der Waals surface area (Å²) in [6, 6.07) is -0.179. The first-order valence-electron chi connectivity index (χ1n) is 4.38. The maximum absolute atomic E-state index is 11.4. The van der Waals surface area contributed by atoms with Crippen LogP contribution in [-0.4, -0.2) is 28.2 Å². The molecule has 0 spiro atoms. The van der Waals surface area contributed by atoms with E-state index in [-0.39, 0.29) is 11.6 Å². The molecule has 1 rings (SSSR count). The van der Waals surface area contributed by atoms with Gasteiger partial charge in [0.05, 0.1) is 11.4 Å². The Labute approximate surface area is 83.2 Å². The molecule has 0 aromatic heterocycles. The van der Waals surface area contributed by atoms with Crippen molar-refractivity contribution in [2.24, 2.45) is 11.8 Å². The van der Waals surface area contributed by atoms with Crippen molar-refractivity contribution in [3.05, 3.63) is 0 Å². The molecule has 5 heteroatoms. The van der Waals surface area contributed by atoms with Crippen LogP contribution in [0, 0.1) is 5.92 Å². The van der Waals surface area contributed by atoms with Crippen molar-refractivity contribution < 1.29 is 4.79 Å². The van der Waals surface area contributed by atoms with Crippen molar-refractivity contribution >= 4 is 17.8 Å². The van der Waals surface area contributed by atoms with E-state index in [1.807, 2.05) is 0 Å². The zero-order chi connectivity index (χ0) is 10.1. The van der Waals surface area contributed by atoms with Gasteiger partial charge in [0, 0.05) is 5.75 Å². The molecule has 1 saturated heterocycles. The molecule has 76 valence electrons. The first-order valence-corrected chi connectivity index (χ1v) is 5.53. The number of nitrogens with one attached hydrogen (secondary N) is 1. The van der Waals surface area contributed by atoms with Crippen LogP contribution >= 0.6 is 11.8 Å². The molecule has 1 atom stereocenters. The number of carbonyl (C=O) groups excluding carboxylic acids is 1. The summed E-state index contributed by atoms with van der Waals surface area (Å²) in [6.07, 6.45) is 0. The SMILES string of the molecule is CC(C)C1(C)CSCN(N)C(=O)N1. The minimum Gasteiger partial charge on any atom is -0.331 e. The largest absolute Gasteiger partial charge is 0.332 e. The Morgan fingerprint density at radius 1 is 1.69 bits per heavy atom. The van der Waals surface area contributed by atoms with E-state index in [9.17, 15) is 4.79 Å². The molecule has 0 radical (unpaired) electrons. The van der Waals surface area contributed by atoms with Crippen molar-refractivity contribution in [3.8, 4) is 0 Å². The molecule has 0 aromatic rings. The molecule has 0 aliphatic carbocycles. The lowest BCUT2D eigenvalue weighted by Crippen LogP contribution is -2.54. The fraction of sp³-hybridized carbons (Fsp3) is 0.875. The molecule has 1 heterocycles. The second kappa shape index (κ2) is 3.75. The Morgan fingerprint density at radius 3 is 2.85 bits per heavy atom. The highest BCUT2D eigenvalue weighted by molar-refractivity contribution is 7.99. The van der Waals surface area contributed by atoms with Crippen molar-refractivity contribution in [2.45, 2.75) is 26.3 Å². The average Bonchev–Trinajstić information content (AvgIpc) is 2.14. The summed E-state index contributed by atoms with van der Waals surface area (Å²) in [7, 11) is 0. The first-order chi connectivity index (χ1) is 5.96. The summed E-state index contributed by atoms with van der Waals surface area (Å²) in [6.45, 7) is 6.27. The van der Waals surface area contributed by atoms with Crippen molar-refractivity contribution in [1.29, 1.82) is 0 Å². The van der Waals surface area contributed by atoms with Gasteiger partial charge >= 0.3 is 6.03 Å². The van der Waals surface area contributed by atoms with Gasteiger partial charge in [0.25, 0.3) is 0 Å². The number of carbonyl (C=O) groups is 1. The number of nitrogens with two attached hydrogens (primary N) is 1. The topological polar surface area (TPSA) is 58.4 Å². The smallest absolute Gasteiger partial charge is 0.331 e. The van der Waals surface area contributed by atoms with Gasteiger partial charge in [-0.1, -0.05) is 13.8 Å². The summed E-state index contributed by atoms with van der Waals surface area (Å²) >= 11 is 1.68. The van der Waals surface area contributed by atoms with E-state index in [1.165, 1.54) is 5.01 Å². The highest BCUT2D eigenvalue weighted by Gasteiger charge is 2.33. The van der Waals surface area contributed by atoms with E-state index in [2.05, 4.69) is 26.1 Å². The Balaban J connectivity index is 2.74. The fourth-order valence-corrected chi connectivity index (χ4v) is 2.31. The molecule has 13 heavy (non-hydrogen) atoms. The van der Waals surface area contributed by atoms with Crippen LogP contribution in [0.5, 0.6) is 0 Å². The molecular weight excluding hydrogens is 186 g/mol. The monoisotopic (exact) mass is 203 g/mol. The lowest BCUT2D eigenvalue weighted by atomic mass is 9.91. The van der Waals surface area contributed by atoms with Gasteiger partial charge in [0.1, 0.15) is 0 Å². The predicted octanol–water partition coefficient (Wildman–Crippen LogP) is 0.991. The number of hydrogen-bond acceptors (Lipinski definition) is 3. The van der Waals surface area contributed by atoms with Gasteiger partial charge in [-0.15, -0.1) is 11.8 Å². The second-order valence-corrected chi connectivity index (χ2v) is 4.90. The molecule has 1 fully saturated rings. The molecule has 1 unspecified atom stereocenters. The number of thioether (sulfide) groups is 1. The summed E-state index contributed by atoms with van der Waals surface area (Å²) < 4.78 is 0. The normalized spacial score (nSPS) is 30.2. The van der Waals surface area contributed by atoms with Crippen LogP contribution in [0.3, 0.4) is 0 Å². The number of hydrazine groups is 1. The second-order valence-electron chi connectivity index (χ2n) is 3.95. The summed E-state index contributed by atoms with van der Waals surface area (Å²) in [4.78, 5) is 11.4. The van der Waals surface area contributed by atoms with Crippen LogP contribution in [0.1, 0.15) is 20.8 Å². The number of amides is 2. The third-order valence-electron chi connectivity index (χ3n) is 2.56. The van der Waals surface area contributed by atoms with Gasteiger partial charge in [-0.05, 0) is 12.8 Å². The van der Waals surface area contributed by atoms with Crippen LogP contribution in [0.25, 0.3) is 0 Å². The first kappa shape index (κ1) is 10.7. The van der Waals surface area contributed by atoms with E-state index >= 15 is 0 Å². The van der Waals surface area contributed by atoms with Crippen LogP contribution in [0.15, 0.2) is 0 Å². The Bertz CT molecular complexity index is 210. The molecule has 4 nitrogen and oxygen atoms in total. The summed E-state index contributed by atoms with van der Waals surface area (Å²) in [5.74, 6) is 7.38. The highest BCUT2D eigenvalue weighted by atomic mass is 32.2. The Kier molecular flexibility index (Phi) is 3.08. The quantitative estimate of drug-likeness (QED) is 0.493. The summed E-state index contributed by atoms with van der Waals surface area (Å²) in [5, 5.41) is 4.17. The Morgan fingerprint density at radius 2 is 2.31 bits per heavy atom. The van der Waals surface area contributed by atoms with Gasteiger partial charge in [0.15, 0.2) is 0 Å². The number of hydrogen-bond donors (Lipinski definition) is 2. The van der Waals surface area contributed by atoms with E-state index in [1.54, 1.807) is 11.8 Å². The molecule has 1 aliphatic heterocycles. The molecule has 0 bridgehead atoms. The summed E-state index contributed by atoms with van der Waals surface area (Å²) in [5.41, 5.74) is -0.143. The van der Waals surface area contributed by atoms with Gasteiger partial charge in [0.2, 0.25) is 0 Å². The molecule has 2 amide bonds. The lowest BCUT2D eigenvalue weighted by Gasteiger charge is -2.32. The molecule has 0 saturated carbocycles. The third kappa shape index (κ3) is 2.28. The number of urea groups is 1. The van der Waals surface area contributed by atoms with Crippen LogP contribution in [0.4, 0.5) is 4.79 Å². The average molecular weight is 203 g/mol. The van der Waals surface area contributed by atoms with Crippen LogP contribution in [0.2, 0.25) is 0 Å². The lowest BCUT2D eigenvalue weighted by molar-refractivity contribution is 0.190. The maximum Gasteiger partial charge on any atom is 0.332 e. The minimum absolute atomic E-state index is 0.143. The van der Waals surface area contributed by atoms with Crippen molar-refractivity contribution in [1.82, 2.24) is 10.3 Å². The number of rotatable bonds is 1. The minimum atomic E-state index is -0.179. The molecule has 0 aromatic carbocycles. The maximum atomic E-state index is 11.4. The van der Waals surface area contributed by atoms with Crippen molar-refractivity contribution in [3.63, 3.8) is 0 Å².